The number of hydrogen-bond acceptors (Lipinski definition) is 1. The molecule has 0 atom stereocenters. The monoisotopic (exact) mass is 279 g/mol. The van der Waals surface area contributed by atoms with Crippen LogP contribution in [0.3, 0.4) is 0 Å². The van der Waals surface area contributed by atoms with Crippen molar-refractivity contribution in [2.45, 2.75) is 6.42 Å². The molecule has 12 heavy (non-hydrogen) atoms. The molecule has 0 aliphatic rings. The number of primary amides is 1. The summed E-state index contributed by atoms with van der Waals surface area (Å²) in [6.07, 6.45) is -0.0389. The van der Waals surface area contributed by atoms with Crippen LogP contribution in [0.2, 0.25) is 0 Å². The summed E-state index contributed by atoms with van der Waals surface area (Å²) in [4.78, 5) is 10.5. The van der Waals surface area contributed by atoms with Crippen LogP contribution in [-0.2, 0) is 11.2 Å². The fourth-order valence-corrected chi connectivity index (χ4v) is 1.31. The van der Waals surface area contributed by atoms with Crippen LogP contribution in [0.4, 0.5) is 4.39 Å². The quantitative estimate of drug-likeness (QED) is 0.818. The molecule has 0 saturated carbocycles. The van der Waals surface area contributed by atoms with Gasteiger partial charge in [-0.15, -0.1) is 0 Å². The number of benzene rings is 1. The van der Waals surface area contributed by atoms with Gasteiger partial charge in [0, 0.05) is 3.57 Å². The Morgan fingerprint density at radius 1 is 1.58 bits per heavy atom. The number of nitrogens with two attached hydrogens (primary N) is 1. The summed E-state index contributed by atoms with van der Waals surface area (Å²) in [7, 11) is 0. The molecule has 1 aromatic rings. The molecule has 1 amide bonds. The van der Waals surface area contributed by atoms with E-state index in [1.54, 1.807) is 12.1 Å². The fourth-order valence-electron chi connectivity index (χ4n) is 0.853. The van der Waals surface area contributed by atoms with E-state index in [2.05, 4.69) is 0 Å². The van der Waals surface area contributed by atoms with E-state index in [1.165, 1.54) is 6.07 Å². The van der Waals surface area contributed by atoms with E-state index in [4.69, 9.17) is 5.73 Å². The lowest BCUT2D eigenvalue weighted by Gasteiger charge is -1.99. The summed E-state index contributed by atoms with van der Waals surface area (Å²) in [5.41, 5.74) is 5.27. The number of halogens is 2. The van der Waals surface area contributed by atoms with E-state index < -0.39 is 5.91 Å². The third-order valence-corrected chi connectivity index (χ3v) is 2.05. The van der Waals surface area contributed by atoms with Crippen LogP contribution in [0, 0.1) is 9.39 Å². The Morgan fingerprint density at radius 3 is 2.75 bits per heavy atom. The van der Waals surface area contributed by atoms with Gasteiger partial charge >= 0.3 is 0 Å². The van der Waals surface area contributed by atoms with Gasteiger partial charge < -0.3 is 5.73 Å². The average Bonchev–Trinajstić information content (AvgIpc) is 1.94. The van der Waals surface area contributed by atoms with E-state index in [-0.39, 0.29) is 12.2 Å². The SMILES string of the molecule is NC(=O)Cc1ccc(I)cc1F. The van der Waals surface area contributed by atoms with Gasteiger partial charge in [-0.3, -0.25) is 4.79 Å². The number of hydrogen-bond donors (Lipinski definition) is 1. The zero-order valence-electron chi connectivity index (χ0n) is 6.18. The largest absolute Gasteiger partial charge is 0.369 e. The lowest BCUT2D eigenvalue weighted by molar-refractivity contribution is -0.117. The minimum atomic E-state index is -0.518. The Hall–Kier alpha value is -0.650. The third kappa shape index (κ3) is 2.44. The van der Waals surface area contributed by atoms with Gasteiger partial charge in [0.2, 0.25) is 5.91 Å². The molecular weight excluding hydrogens is 272 g/mol. The normalized spacial score (nSPS) is 9.83. The molecule has 0 saturated heterocycles. The molecule has 2 nitrogen and oxygen atoms in total. The lowest BCUT2D eigenvalue weighted by atomic mass is 10.1. The van der Waals surface area contributed by atoms with Crippen molar-refractivity contribution in [3.63, 3.8) is 0 Å². The number of rotatable bonds is 2. The molecule has 2 N–H and O–H groups in total. The topological polar surface area (TPSA) is 43.1 Å². The molecule has 0 heterocycles. The number of carbonyl (C=O) groups is 1. The third-order valence-electron chi connectivity index (χ3n) is 1.38. The van der Waals surface area contributed by atoms with Crippen molar-refractivity contribution >= 4 is 28.5 Å². The van der Waals surface area contributed by atoms with Crippen LogP contribution in [0.5, 0.6) is 0 Å². The Bertz CT molecular complexity index is 314. The van der Waals surface area contributed by atoms with Crippen molar-refractivity contribution in [3.8, 4) is 0 Å². The first kappa shape index (κ1) is 9.44. The van der Waals surface area contributed by atoms with E-state index in [9.17, 15) is 9.18 Å². The summed E-state index contributed by atoms with van der Waals surface area (Å²) in [6.45, 7) is 0. The van der Waals surface area contributed by atoms with Crippen LogP contribution in [0.25, 0.3) is 0 Å². The highest BCUT2D eigenvalue weighted by Gasteiger charge is 2.04. The molecule has 0 aliphatic carbocycles. The molecule has 0 unspecified atom stereocenters. The standard InChI is InChI=1S/C8H7FINO/c9-7-4-6(10)2-1-5(7)3-8(11)12/h1-2,4H,3H2,(H2,11,12). The van der Waals surface area contributed by atoms with Crippen LogP contribution in [0.15, 0.2) is 18.2 Å². The highest BCUT2D eigenvalue weighted by molar-refractivity contribution is 14.1. The molecule has 0 spiro atoms. The highest BCUT2D eigenvalue weighted by Crippen LogP contribution is 2.12. The van der Waals surface area contributed by atoms with Crippen LogP contribution >= 0.6 is 22.6 Å². The van der Waals surface area contributed by atoms with E-state index >= 15 is 0 Å². The van der Waals surface area contributed by atoms with Crippen LogP contribution in [-0.4, -0.2) is 5.91 Å². The summed E-state index contributed by atoms with van der Waals surface area (Å²) >= 11 is 2.00. The second-order valence-corrected chi connectivity index (χ2v) is 3.62. The molecule has 4 heteroatoms. The van der Waals surface area contributed by atoms with Gasteiger partial charge in [0.25, 0.3) is 0 Å². The van der Waals surface area contributed by atoms with E-state index in [0.29, 0.717) is 5.56 Å². The number of amides is 1. The van der Waals surface area contributed by atoms with Crippen LogP contribution < -0.4 is 5.73 Å². The smallest absolute Gasteiger partial charge is 0.221 e. The van der Waals surface area contributed by atoms with Gasteiger partial charge in [-0.25, -0.2) is 4.39 Å². The molecule has 0 aromatic heterocycles. The number of carbonyl (C=O) groups excluding carboxylic acids is 1. The fraction of sp³-hybridized carbons (Fsp3) is 0.125. The predicted molar refractivity (Wildman–Crippen MR) is 52.0 cm³/mol. The van der Waals surface area contributed by atoms with Crippen molar-refractivity contribution in [1.29, 1.82) is 0 Å². The van der Waals surface area contributed by atoms with Crippen molar-refractivity contribution in [2.24, 2.45) is 5.73 Å². The average molecular weight is 279 g/mol. The molecule has 1 aromatic carbocycles. The summed E-state index contributed by atoms with van der Waals surface area (Å²) < 4.78 is 13.8. The molecule has 0 bridgehead atoms. The zero-order valence-corrected chi connectivity index (χ0v) is 8.34. The first-order chi connectivity index (χ1) is 5.59. The minimum Gasteiger partial charge on any atom is -0.369 e. The first-order valence-corrected chi connectivity index (χ1v) is 4.39. The maximum Gasteiger partial charge on any atom is 0.221 e. The highest BCUT2D eigenvalue weighted by atomic mass is 127. The van der Waals surface area contributed by atoms with Gasteiger partial charge in [0.1, 0.15) is 5.82 Å². The second-order valence-electron chi connectivity index (χ2n) is 2.38. The van der Waals surface area contributed by atoms with Gasteiger partial charge in [0.15, 0.2) is 0 Å². The maximum atomic E-state index is 13.0. The van der Waals surface area contributed by atoms with Crippen molar-refractivity contribution < 1.29 is 9.18 Å². The Balaban J connectivity index is 2.93. The Kier molecular flexibility index (Phi) is 3.02. The molecule has 64 valence electrons. The van der Waals surface area contributed by atoms with Crippen molar-refractivity contribution in [3.05, 3.63) is 33.1 Å². The maximum absolute atomic E-state index is 13.0. The Morgan fingerprint density at radius 2 is 2.25 bits per heavy atom. The molecule has 1 rings (SSSR count). The minimum absolute atomic E-state index is 0.0389. The molecular formula is C8H7FINO. The summed E-state index contributed by atoms with van der Waals surface area (Å²) in [5, 5.41) is 0. The molecule has 0 fully saturated rings. The van der Waals surface area contributed by atoms with Gasteiger partial charge in [-0.2, -0.15) is 0 Å². The predicted octanol–water partition coefficient (Wildman–Crippen LogP) is 1.46. The summed E-state index contributed by atoms with van der Waals surface area (Å²) in [5.74, 6) is -0.893. The lowest BCUT2D eigenvalue weighted by Crippen LogP contribution is -2.14. The van der Waals surface area contributed by atoms with Gasteiger partial charge in [0.05, 0.1) is 6.42 Å². The van der Waals surface area contributed by atoms with Crippen molar-refractivity contribution in [2.75, 3.05) is 0 Å². The summed E-state index contributed by atoms with van der Waals surface area (Å²) in [6, 6.07) is 4.68. The molecule has 0 radical (unpaired) electrons. The first-order valence-electron chi connectivity index (χ1n) is 3.32. The zero-order chi connectivity index (χ0) is 9.14. The van der Waals surface area contributed by atoms with Gasteiger partial charge in [-0.1, -0.05) is 6.07 Å². The second kappa shape index (κ2) is 3.84. The van der Waals surface area contributed by atoms with E-state index in [1.807, 2.05) is 22.6 Å². The van der Waals surface area contributed by atoms with E-state index in [0.717, 1.165) is 3.57 Å². The van der Waals surface area contributed by atoms with Crippen molar-refractivity contribution in [1.82, 2.24) is 0 Å². The Labute approximate surface area is 83.1 Å². The van der Waals surface area contributed by atoms with Gasteiger partial charge in [-0.05, 0) is 40.3 Å². The van der Waals surface area contributed by atoms with Crippen LogP contribution in [0.1, 0.15) is 5.56 Å². The molecule has 0 aliphatic heterocycles.